The minimum absolute atomic E-state index is 0.662. The molecule has 0 spiro atoms. The Morgan fingerprint density at radius 1 is 1.28 bits per heavy atom. The highest BCUT2D eigenvalue weighted by Gasteiger charge is 2.19. The lowest BCUT2D eigenvalue weighted by atomic mass is 10.2. The van der Waals surface area contributed by atoms with E-state index in [4.69, 9.17) is 9.47 Å². The van der Waals surface area contributed by atoms with E-state index in [0.29, 0.717) is 6.61 Å². The van der Waals surface area contributed by atoms with Crippen molar-refractivity contribution in [3.8, 4) is 11.5 Å². The van der Waals surface area contributed by atoms with Gasteiger partial charge in [0.25, 0.3) is 0 Å². The molecule has 1 saturated carbocycles. The van der Waals surface area contributed by atoms with E-state index in [9.17, 15) is 0 Å². The molecule has 0 amide bonds. The molecule has 0 aromatic heterocycles. The molecule has 0 bridgehead atoms. The Morgan fingerprint density at radius 3 is 2.78 bits per heavy atom. The fourth-order valence-electron chi connectivity index (χ4n) is 2.04. The van der Waals surface area contributed by atoms with Crippen molar-refractivity contribution in [3.05, 3.63) is 23.8 Å². The van der Waals surface area contributed by atoms with E-state index >= 15 is 0 Å². The Morgan fingerprint density at radius 2 is 2.11 bits per heavy atom. The molecule has 1 aliphatic rings. The average Bonchev–Trinajstić information content (AvgIpc) is 3.20. The van der Waals surface area contributed by atoms with Gasteiger partial charge in [-0.05, 0) is 43.5 Å². The quantitative estimate of drug-likeness (QED) is 0.718. The van der Waals surface area contributed by atoms with Gasteiger partial charge in [0.2, 0.25) is 0 Å². The molecule has 0 aliphatic heterocycles. The van der Waals surface area contributed by atoms with E-state index in [2.05, 4.69) is 17.4 Å². The fraction of sp³-hybridized carbons (Fsp3) is 0.600. The van der Waals surface area contributed by atoms with Gasteiger partial charge in [0.1, 0.15) is 0 Å². The van der Waals surface area contributed by atoms with Gasteiger partial charge in [-0.2, -0.15) is 0 Å². The van der Waals surface area contributed by atoms with E-state index in [-0.39, 0.29) is 0 Å². The van der Waals surface area contributed by atoms with E-state index in [0.717, 1.165) is 30.5 Å². The van der Waals surface area contributed by atoms with Crippen LogP contribution in [0.5, 0.6) is 11.5 Å². The van der Waals surface area contributed by atoms with Gasteiger partial charge in [-0.15, -0.1) is 0 Å². The third-order valence-corrected chi connectivity index (χ3v) is 3.28. The van der Waals surface area contributed by atoms with E-state index in [1.165, 1.54) is 24.8 Å². The van der Waals surface area contributed by atoms with Crippen LogP contribution in [0.4, 0.5) is 0 Å². The monoisotopic (exact) mass is 249 g/mol. The van der Waals surface area contributed by atoms with Crippen molar-refractivity contribution in [1.82, 2.24) is 5.32 Å². The van der Waals surface area contributed by atoms with Gasteiger partial charge in [0, 0.05) is 6.54 Å². The van der Waals surface area contributed by atoms with Crippen LogP contribution in [0.3, 0.4) is 0 Å². The van der Waals surface area contributed by atoms with Gasteiger partial charge < -0.3 is 14.8 Å². The highest BCUT2D eigenvalue weighted by atomic mass is 16.5. The highest BCUT2D eigenvalue weighted by molar-refractivity contribution is 5.42. The minimum Gasteiger partial charge on any atom is -0.493 e. The second-order valence-corrected chi connectivity index (χ2v) is 4.83. The predicted molar refractivity (Wildman–Crippen MR) is 73.2 cm³/mol. The number of benzene rings is 1. The van der Waals surface area contributed by atoms with Gasteiger partial charge >= 0.3 is 0 Å². The maximum atomic E-state index is 5.50. The van der Waals surface area contributed by atoms with Crippen LogP contribution < -0.4 is 14.8 Å². The summed E-state index contributed by atoms with van der Waals surface area (Å²) in [5.41, 5.74) is 1.24. The van der Waals surface area contributed by atoms with Crippen LogP contribution in [-0.2, 0) is 6.54 Å². The third-order valence-electron chi connectivity index (χ3n) is 3.28. The molecule has 100 valence electrons. The number of rotatable bonds is 8. The Balaban J connectivity index is 1.83. The molecule has 0 radical (unpaired) electrons. The Hall–Kier alpha value is -1.22. The molecule has 1 N–H and O–H groups in total. The Kier molecular flexibility index (Phi) is 4.88. The molecule has 0 atom stereocenters. The van der Waals surface area contributed by atoms with Gasteiger partial charge in [-0.1, -0.05) is 18.9 Å². The molecule has 1 aromatic carbocycles. The van der Waals surface area contributed by atoms with Crippen LogP contribution in [0.2, 0.25) is 0 Å². The number of hydrogen-bond donors (Lipinski definition) is 1. The van der Waals surface area contributed by atoms with Crippen molar-refractivity contribution >= 4 is 0 Å². The van der Waals surface area contributed by atoms with Crippen molar-refractivity contribution in [1.29, 1.82) is 0 Å². The molecular formula is C15H23NO2. The summed E-state index contributed by atoms with van der Waals surface area (Å²) < 4.78 is 10.8. The smallest absolute Gasteiger partial charge is 0.161 e. The van der Waals surface area contributed by atoms with Crippen molar-refractivity contribution < 1.29 is 9.47 Å². The summed E-state index contributed by atoms with van der Waals surface area (Å²) in [6.07, 6.45) is 4.17. The lowest BCUT2D eigenvalue weighted by molar-refractivity contribution is 0.310. The molecular weight excluding hydrogens is 226 g/mol. The van der Waals surface area contributed by atoms with Gasteiger partial charge in [0.05, 0.1) is 13.7 Å². The van der Waals surface area contributed by atoms with Crippen molar-refractivity contribution in [2.75, 3.05) is 20.3 Å². The van der Waals surface area contributed by atoms with Crippen LogP contribution in [0, 0.1) is 5.92 Å². The molecule has 3 nitrogen and oxygen atoms in total. The SMILES string of the molecule is CCOc1ccc(CNCCC2CC2)cc1OC. The lowest BCUT2D eigenvalue weighted by Crippen LogP contribution is -2.15. The first kappa shape index (κ1) is 13.2. The lowest BCUT2D eigenvalue weighted by Gasteiger charge is -2.11. The number of methoxy groups -OCH3 is 1. The largest absolute Gasteiger partial charge is 0.493 e. The predicted octanol–water partition coefficient (Wildman–Crippen LogP) is 2.98. The van der Waals surface area contributed by atoms with Crippen LogP contribution >= 0.6 is 0 Å². The zero-order valence-corrected chi connectivity index (χ0v) is 11.4. The van der Waals surface area contributed by atoms with E-state index < -0.39 is 0 Å². The Labute approximate surface area is 109 Å². The number of hydrogen-bond acceptors (Lipinski definition) is 3. The second-order valence-electron chi connectivity index (χ2n) is 4.83. The second kappa shape index (κ2) is 6.64. The summed E-state index contributed by atoms with van der Waals surface area (Å²) in [5, 5.41) is 3.48. The summed E-state index contributed by atoms with van der Waals surface area (Å²) in [4.78, 5) is 0. The third kappa shape index (κ3) is 3.91. The minimum atomic E-state index is 0.662. The van der Waals surface area contributed by atoms with Gasteiger partial charge in [0.15, 0.2) is 11.5 Å². The van der Waals surface area contributed by atoms with Crippen molar-refractivity contribution in [2.45, 2.75) is 32.7 Å². The van der Waals surface area contributed by atoms with Crippen LogP contribution in [0.25, 0.3) is 0 Å². The van der Waals surface area contributed by atoms with Gasteiger partial charge in [-0.25, -0.2) is 0 Å². The maximum Gasteiger partial charge on any atom is 0.161 e. The van der Waals surface area contributed by atoms with E-state index in [1.807, 2.05) is 13.0 Å². The topological polar surface area (TPSA) is 30.5 Å². The average molecular weight is 249 g/mol. The zero-order chi connectivity index (χ0) is 12.8. The molecule has 0 unspecified atom stereocenters. The highest BCUT2D eigenvalue weighted by Crippen LogP contribution is 2.31. The summed E-state index contributed by atoms with van der Waals surface area (Å²) in [6, 6.07) is 6.13. The summed E-state index contributed by atoms with van der Waals surface area (Å²) in [7, 11) is 1.68. The first-order chi connectivity index (χ1) is 8.83. The van der Waals surface area contributed by atoms with Crippen LogP contribution in [-0.4, -0.2) is 20.3 Å². The molecule has 0 saturated heterocycles. The molecule has 1 fully saturated rings. The molecule has 0 heterocycles. The van der Waals surface area contributed by atoms with Crippen molar-refractivity contribution in [3.63, 3.8) is 0 Å². The molecule has 2 rings (SSSR count). The number of ether oxygens (including phenoxy) is 2. The maximum absolute atomic E-state index is 5.50. The normalized spacial score (nSPS) is 14.6. The zero-order valence-electron chi connectivity index (χ0n) is 11.4. The fourth-order valence-corrected chi connectivity index (χ4v) is 2.04. The first-order valence-corrected chi connectivity index (χ1v) is 6.84. The molecule has 18 heavy (non-hydrogen) atoms. The standard InChI is InChI=1S/C15H23NO2/c1-3-18-14-7-6-13(10-15(14)17-2)11-16-9-8-12-4-5-12/h6-7,10,12,16H,3-5,8-9,11H2,1-2H3. The molecule has 1 aromatic rings. The van der Waals surface area contributed by atoms with E-state index in [1.54, 1.807) is 7.11 Å². The number of nitrogens with one attached hydrogen (secondary N) is 1. The first-order valence-electron chi connectivity index (χ1n) is 6.84. The summed E-state index contributed by atoms with van der Waals surface area (Å²) in [6.45, 7) is 4.65. The molecule has 1 aliphatic carbocycles. The van der Waals surface area contributed by atoms with Crippen LogP contribution in [0.15, 0.2) is 18.2 Å². The van der Waals surface area contributed by atoms with Gasteiger partial charge in [-0.3, -0.25) is 0 Å². The summed E-state index contributed by atoms with van der Waals surface area (Å²) in [5.74, 6) is 2.63. The molecule has 3 heteroatoms. The van der Waals surface area contributed by atoms with Crippen LogP contribution in [0.1, 0.15) is 31.7 Å². The summed E-state index contributed by atoms with van der Waals surface area (Å²) >= 11 is 0. The Bertz CT molecular complexity index is 375. The van der Waals surface area contributed by atoms with Crippen molar-refractivity contribution in [2.24, 2.45) is 5.92 Å².